The first-order chi connectivity index (χ1) is 12.0. The number of aromatic nitrogens is 2. The molecule has 0 fully saturated rings. The predicted octanol–water partition coefficient (Wildman–Crippen LogP) is 0.659. The molecule has 3 rings (SSSR count). The molecule has 1 aliphatic rings. The fourth-order valence-corrected chi connectivity index (χ4v) is 2.78. The number of carbonyl (C=O) groups is 1. The van der Waals surface area contributed by atoms with Crippen LogP contribution in [0.4, 0.5) is 0 Å². The maximum atomic E-state index is 12.2. The van der Waals surface area contributed by atoms with Crippen LogP contribution in [0.1, 0.15) is 24.0 Å². The molecule has 1 atom stereocenters. The van der Waals surface area contributed by atoms with E-state index in [0.717, 1.165) is 16.5 Å². The molecule has 0 spiro atoms. The van der Waals surface area contributed by atoms with Crippen LogP contribution in [0.3, 0.4) is 0 Å². The largest absolute Gasteiger partial charge is 0.349 e. The number of imidazole rings is 1. The second-order valence-corrected chi connectivity index (χ2v) is 5.95. The quantitative estimate of drug-likeness (QED) is 0.697. The minimum atomic E-state index is -0.296. The molecule has 1 aromatic carbocycles. The Bertz CT molecular complexity index is 1010. The molecule has 0 saturated heterocycles. The molecular formula is C18H18N4O3. The van der Waals surface area contributed by atoms with Gasteiger partial charge in [0.05, 0.1) is 28.9 Å². The first-order valence-corrected chi connectivity index (χ1v) is 7.94. The molecular weight excluding hydrogens is 320 g/mol. The number of nitrogens with zero attached hydrogens (tertiary/aromatic N) is 1. The lowest BCUT2D eigenvalue weighted by atomic mass is 10.1. The maximum Gasteiger partial charge on any atom is 0.323 e. The van der Waals surface area contributed by atoms with Gasteiger partial charge in [0.1, 0.15) is 0 Å². The van der Waals surface area contributed by atoms with Crippen molar-refractivity contribution >= 4 is 24.1 Å². The highest BCUT2D eigenvalue weighted by molar-refractivity contribution is 5.81. The minimum absolute atomic E-state index is 0.0985. The van der Waals surface area contributed by atoms with E-state index in [0.29, 0.717) is 11.8 Å². The number of aromatic amines is 2. The minimum Gasteiger partial charge on any atom is -0.349 e. The van der Waals surface area contributed by atoms with Gasteiger partial charge < -0.3 is 15.3 Å². The monoisotopic (exact) mass is 338 g/mol. The molecule has 128 valence electrons. The molecule has 1 aliphatic carbocycles. The summed E-state index contributed by atoms with van der Waals surface area (Å²) < 4.78 is 0. The third kappa shape index (κ3) is 4.00. The summed E-state index contributed by atoms with van der Waals surface area (Å²) in [5, 5.41) is 7.19. The van der Waals surface area contributed by atoms with E-state index in [-0.39, 0.29) is 29.8 Å². The topological polar surface area (TPSA) is 107 Å². The first kappa shape index (κ1) is 16.6. The van der Waals surface area contributed by atoms with Gasteiger partial charge in [0.2, 0.25) is 5.91 Å². The van der Waals surface area contributed by atoms with Crippen LogP contribution >= 0.6 is 0 Å². The molecule has 2 aromatic rings. The summed E-state index contributed by atoms with van der Waals surface area (Å²) in [5.41, 5.74) is 1.75. The van der Waals surface area contributed by atoms with Crippen LogP contribution in [0.2, 0.25) is 0 Å². The second kappa shape index (κ2) is 7.12. The van der Waals surface area contributed by atoms with Crippen molar-refractivity contribution in [3.8, 4) is 0 Å². The van der Waals surface area contributed by atoms with E-state index in [2.05, 4.69) is 20.5 Å². The Morgan fingerprint density at radius 1 is 1.32 bits per heavy atom. The van der Waals surface area contributed by atoms with Gasteiger partial charge in [0, 0.05) is 0 Å². The number of rotatable bonds is 5. The van der Waals surface area contributed by atoms with E-state index in [1.54, 1.807) is 12.2 Å². The summed E-state index contributed by atoms with van der Waals surface area (Å²) in [7, 11) is 0. The number of hydrogen-bond donors (Lipinski definition) is 3. The third-order valence-corrected chi connectivity index (χ3v) is 4.05. The average molecular weight is 338 g/mol. The molecule has 7 heteroatoms. The lowest BCUT2D eigenvalue weighted by Crippen LogP contribution is -2.40. The van der Waals surface area contributed by atoms with Gasteiger partial charge in [-0.15, -0.1) is 4.91 Å². The standard InChI is InChI=1S/C18H18N4O3/c1-11-4-2-3-5-12(11)8-14(22-25)10-17(23)19-13-6-7-15-16(9-13)21-18(24)20-15/h2-5,7-9,13H,6,10H2,1H3,(H,19,23)(H2,20,21,24)/b14-8+/t13-/m1/s1. The molecule has 0 bridgehead atoms. The van der Waals surface area contributed by atoms with Crippen LogP contribution in [-0.4, -0.2) is 21.9 Å². The van der Waals surface area contributed by atoms with E-state index in [1.165, 1.54) is 0 Å². The molecule has 0 radical (unpaired) electrons. The van der Waals surface area contributed by atoms with Crippen molar-refractivity contribution in [2.45, 2.75) is 25.8 Å². The van der Waals surface area contributed by atoms with Gasteiger partial charge in [-0.3, -0.25) is 4.79 Å². The Hall–Kier alpha value is -3.22. The van der Waals surface area contributed by atoms with Crippen molar-refractivity contribution < 1.29 is 4.79 Å². The van der Waals surface area contributed by atoms with Crippen LogP contribution in [-0.2, 0) is 4.79 Å². The van der Waals surface area contributed by atoms with Crippen molar-refractivity contribution in [3.05, 3.63) is 67.2 Å². The zero-order valence-electron chi connectivity index (χ0n) is 13.7. The fraction of sp³-hybridized carbons (Fsp3) is 0.222. The van der Waals surface area contributed by atoms with Crippen molar-refractivity contribution in [2.75, 3.05) is 0 Å². The van der Waals surface area contributed by atoms with Crippen LogP contribution in [0.25, 0.3) is 18.2 Å². The van der Waals surface area contributed by atoms with Crippen molar-refractivity contribution in [1.29, 1.82) is 0 Å². The maximum absolute atomic E-state index is 12.2. The zero-order valence-corrected chi connectivity index (χ0v) is 13.7. The van der Waals surface area contributed by atoms with Gasteiger partial charge in [0.25, 0.3) is 0 Å². The summed E-state index contributed by atoms with van der Waals surface area (Å²) in [4.78, 5) is 39.9. The van der Waals surface area contributed by atoms with E-state index in [9.17, 15) is 14.5 Å². The lowest BCUT2D eigenvalue weighted by molar-refractivity contribution is -0.120. The average Bonchev–Trinajstić information content (AvgIpc) is 2.95. The van der Waals surface area contributed by atoms with Gasteiger partial charge >= 0.3 is 5.69 Å². The first-order valence-electron chi connectivity index (χ1n) is 7.94. The number of benzene rings is 1. The highest BCUT2D eigenvalue weighted by Crippen LogP contribution is 2.15. The van der Waals surface area contributed by atoms with E-state index < -0.39 is 0 Å². The SMILES string of the molecule is Cc1ccccc1/C=C(\CC(=O)N[C@H]1C=c2[nH]c(=O)[nH]c2=CC1)N=O. The number of amides is 1. The number of nitrogens with one attached hydrogen (secondary N) is 3. The van der Waals surface area contributed by atoms with E-state index >= 15 is 0 Å². The fourth-order valence-electron chi connectivity index (χ4n) is 2.78. The Kier molecular flexibility index (Phi) is 4.74. The van der Waals surface area contributed by atoms with Crippen molar-refractivity contribution in [2.24, 2.45) is 5.18 Å². The molecule has 1 heterocycles. The van der Waals surface area contributed by atoms with Gasteiger partial charge in [-0.25, -0.2) is 4.79 Å². The van der Waals surface area contributed by atoms with Gasteiger partial charge in [-0.05, 0) is 41.8 Å². The van der Waals surface area contributed by atoms with Crippen LogP contribution in [0, 0.1) is 11.8 Å². The third-order valence-electron chi connectivity index (χ3n) is 4.05. The number of nitroso groups, excluding NO2 is 1. The number of H-pyrrole nitrogens is 2. The normalized spacial score (nSPS) is 16.4. The van der Waals surface area contributed by atoms with E-state index in [4.69, 9.17) is 0 Å². The number of aryl methyl sites for hydroxylation is 1. The molecule has 0 saturated carbocycles. The molecule has 0 unspecified atom stereocenters. The molecule has 25 heavy (non-hydrogen) atoms. The number of hydrogen-bond acceptors (Lipinski definition) is 4. The Labute approximate surface area is 143 Å². The van der Waals surface area contributed by atoms with Gasteiger partial charge in [-0.1, -0.05) is 30.3 Å². The summed E-state index contributed by atoms with van der Waals surface area (Å²) in [5.74, 6) is -0.296. The van der Waals surface area contributed by atoms with Gasteiger partial charge in [-0.2, -0.15) is 0 Å². The van der Waals surface area contributed by atoms with Crippen LogP contribution in [0.5, 0.6) is 0 Å². The summed E-state index contributed by atoms with van der Waals surface area (Å²) in [6.07, 6.45) is 5.72. The Morgan fingerprint density at radius 3 is 2.84 bits per heavy atom. The van der Waals surface area contributed by atoms with Crippen LogP contribution < -0.4 is 21.7 Å². The smallest absolute Gasteiger partial charge is 0.323 e. The predicted molar refractivity (Wildman–Crippen MR) is 95.7 cm³/mol. The van der Waals surface area contributed by atoms with Crippen LogP contribution in [0.15, 0.2) is 39.9 Å². The highest BCUT2D eigenvalue weighted by Gasteiger charge is 2.14. The lowest BCUT2D eigenvalue weighted by Gasteiger charge is -2.14. The molecule has 0 aliphatic heterocycles. The molecule has 1 amide bonds. The van der Waals surface area contributed by atoms with E-state index in [1.807, 2.05) is 37.3 Å². The highest BCUT2D eigenvalue weighted by atomic mass is 16.3. The summed E-state index contributed by atoms with van der Waals surface area (Å²) >= 11 is 0. The van der Waals surface area contributed by atoms with Crippen molar-refractivity contribution in [1.82, 2.24) is 15.3 Å². The number of carbonyl (C=O) groups excluding carboxylic acids is 1. The number of fused-ring (bicyclic) bond motifs is 1. The Morgan fingerprint density at radius 2 is 2.08 bits per heavy atom. The Balaban J connectivity index is 1.69. The summed E-state index contributed by atoms with van der Waals surface area (Å²) in [6, 6.07) is 7.33. The zero-order chi connectivity index (χ0) is 17.8. The second-order valence-electron chi connectivity index (χ2n) is 5.95. The van der Waals surface area contributed by atoms with Crippen molar-refractivity contribution in [3.63, 3.8) is 0 Å². The molecule has 1 aromatic heterocycles. The van der Waals surface area contributed by atoms with Gasteiger partial charge in [0.15, 0.2) is 0 Å². The molecule has 7 nitrogen and oxygen atoms in total. The molecule has 3 N–H and O–H groups in total. The summed E-state index contributed by atoms with van der Waals surface area (Å²) in [6.45, 7) is 1.93.